The number of hydrogen-bond donors (Lipinski definition) is 2. The molecular formula is C16H18N2O2. The Kier molecular flexibility index (Phi) is 3.74. The van der Waals surface area contributed by atoms with Crippen LogP contribution in [0.3, 0.4) is 0 Å². The lowest BCUT2D eigenvalue weighted by molar-refractivity contribution is 0.102. The first-order valence-corrected chi connectivity index (χ1v) is 6.47. The highest BCUT2D eigenvalue weighted by atomic mass is 16.2. The average Bonchev–Trinajstić information content (AvgIpc) is 2.40. The van der Waals surface area contributed by atoms with E-state index in [1.165, 1.54) is 18.5 Å². The normalized spacial score (nSPS) is 11.2. The van der Waals surface area contributed by atoms with Crippen LogP contribution in [0.25, 0.3) is 0 Å². The number of hydrogen-bond acceptors (Lipinski definition) is 2. The fourth-order valence-electron chi connectivity index (χ4n) is 1.83. The van der Waals surface area contributed by atoms with E-state index >= 15 is 0 Å². The van der Waals surface area contributed by atoms with Gasteiger partial charge < -0.3 is 10.3 Å². The Bertz CT molecular complexity index is 664. The Morgan fingerprint density at radius 3 is 2.30 bits per heavy atom. The first-order valence-electron chi connectivity index (χ1n) is 6.47. The Morgan fingerprint density at radius 2 is 1.75 bits per heavy atom. The maximum Gasteiger partial charge on any atom is 0.255 e. The van der Waals surface area contributed by atoms with Crippen LogP contribution in [0.5, 0.6) is 0 Å². The first-order chi connectivity index (χ1) is 9.38. The van der Waals surface area contributed by atoms with Crippen LogP contribution in [0, 0.1) is 0 Å². The average molecular weight is 270 g/mol. The van der Waals surface area contributed by atoms with Crippen molar-refractivity contribution in [3.8, 4) is 0 Å². The number of H-pyrrole nitrogens is 1. The fraction of sp³-hybridized carbons (Fsp3) is 0.250. The third kappa shape index (κ3) is 3.15. The summed E-state index contributed by atoms with van der Waals surface area (Å²) in [5.41, 5.74) is 1.76. The molecule has 20 heavy (non-hydrogen) atoms. The Balaban J connectivity index is 2.18. The van der Waals surface area contributed by atoms with E-state index in [4.69, 9.17) is 0 Å². The Labute approximate surface area is 117 Å². The van der Waals surface area contributed by atoms with Gasteiger partial charge in [0.15, 0.2) is 0 Å². The van der Waals surface area contributed by atoms with Gasteiger partial charge in [-0.2, -0.15) is 0 Å². The van der Waals surface area contributed by atoms with Crippen LogP contribution in [-0.2, 0) is 5.41 Å². The second-order valence-corrected chi connectivity index (χ2v) is 5.70. The van der Waals surface area contributed by atoms with E-state index in [1.807, 2.05) is 12.1 Å². The predicted octanol–water partition coefficient (Wildman–Crippen LogP) is 2.92. The number of rotatable bonds is 2. The molecule has 2 N–H and O–H groups in total. The van der Waals surface area contributed by atoms with E-state index in [1.54, 1.807) is 12.1 Å². The summed E-state index contributed by atoms with van der Waals surface area (Å²) < 4.78 is 0. The molecule has 4 heteroatoms. The highest BCUT2D eigenvalue weighted by Gasteiger charge is 2.14. The lowest BCUT2D eigenvalue weighted by Gasteiger charge is -2.19. The number of amides is 1. The second-order valence-electron chi connectivity index (χ2n) is 5.70. The van der Waals surface area contributed by atoms with Crippen LogP contribution in [0.4, 0.5) is 5.69 Å². The van der Waals surface area contributed by atoms with E-state index in [0.29, 0.717) is 5.56 Å². The van der Waals surface area contributed by atoms with Gasteiger partial charge in [0, 0.05) is 24.0 Å². The van der Waals surface area contributed by atoms with Crippen LogP contribution in [-0.4, -0.2) is 10.9 Å². The maximum atomic E-state index is 12.1. The molecule has 0 aliphatic carbocycles. The van der Waals surface area contributed by atoms with Gasteiger partial charge >= 0.3 is 0 Å². The summed E-state index contributed by atoms with van der Waals surface area (Å²) in [7, 11) is 0. The molecule has 4 nitrogen and oxygen atoms in total. The van der Waals surface area contributed by atoms with Crippen LogP contribution in [0.2, 0.25) is 0 Å². The minimum absolute atomic E-state index is 0.0472. The minimum Gasteiger partial charge on any atom is -0.366 e. The number of carbonyl (C=O) groups excluding carboxylic acids is 1. The third-order valence-corrected chi connectivity index (χ3v) is 3.09. The summed E-state index contributed by atoms with van der Waals surface area (Å²) in [5, 5.41) is 2.60. The summed E-state index contributed by atoms with van der Waals surface area (Å²) in [6, 6.07) is 8.78. The van der Waals surface area contributed by atoms with Crippen LogP contribution >= 0.6 is 0 Å². The molecule has 0 bridgehead atoms. The molecule has 0 aliphatic rings. The second kappa shape index (κ2) is 5.33. The molecule has 1 aromatic heterocycles. The summed E-state index contributed by atoms with van der Waals surface area (Å²) in [6.07, 6.45) is 3.00. The molecule has 0 aliphatic heterocycles. The highest BCUT2D eigenvalue weighted by molar-refractivity contribution is 6.04. The van der Waals surface area contributed by atoms with Gasteiger partial charge in [-0.25, -0.2) is 0 Å². The number of anilines is 1. The molecule has 1 amide bonds. The van der Waals surface area contributed by atoms with Crippen LogP contribution in [0.15, 0.2) is 47.5 Å². The standard InChI is InChI=1S/C16H18N2O2/c1-16(2,3)12-6-4-11(5-7-12)15(20)18-13-10-17-9-8-14(13)19/h4-10H,1-3H3,(H,17,19)(H,18,20). The van der Waals surface area contributed by atoms with E-state index in [9.17, 15) is 9.59 Å². The summed E-state index contributed by atoms with van der Waals surface area (Å²) in [5.74, 6) is -0.290. The molecule has 2 rings (SSSR count). The van der Waals surface area contributed by atoms with E-state index in [2.05, 4.69) is 31.1 Å². The lowest BCUT2D eigenvalue weighted by Crippen LogP contribution is -2.18. The summed E-state index contributed by atoms with van der Waals surface area (Å²) in [4.78, 5) is 26.4. The molecule has 0 radical (unpaired) electrons. The quantitative estimate of drug-likeness (QED) is 0.881. The van der Waals surface area contributed by atoms with Crippen LogP contribution < -0.4 is 10.7 Å². The van der Waals surface area contributed by atoms with E-state index < -0.39 is 0 Å². The van der Waals surface area contributed by atoms with Gasteiger partial charge in [0.05, 0.1) is 0 Å². The van der Waals surface area contributed by atoms with Gasteiger partial charge in [0.2, 0.25) is 5.43 Å². The van der Waals surface area contributed by atoms with Crippen molar-refractivity contribution in [2.24, 2.45) is 0 Å². The third-order valence-electron chi connectivity index (χ3n) is 3.09. The summed E-state index contributed by atoms with van der Waals surface area (Å²) in [6.45, 7) is 6.35. The molecule has 0 spiro atoms. The maximum absolute atomic E-state index is 12.1. The SMILES string of the molecule is CC(C)(C)c1ccc(C(=O)Nc2c[nH]ccc2=O)cc1. The Hall–Kier alpha value is -2.36. The first kappa shape index (κ1) is 14.1. The molecule has 1 aromatic carbocycles. The zero-order chi connectivity index (χ0) is 14.8. The fourth-order valence-corrected chi connectivity index (χ4v) is 1.83. The van der Waals surface area contributed by atoms with Gasteiger partial charge in [0.25, 0.3) is 5.91 Å². The molecule has 0 saturated carbocycles. The summed E-state index contributed by atoms with van der Waals surface area (Å²) >= 11 is 0. The topological polar surface area (TPSA) is 62.0 Å². The van der Waals surface area contributed by atoms with E-state index in [0.717, 1.165) is 5.56 Å². The van der Waals surface area contributed by atoms with Gasteiger partial charge in [-0.1, -0.05) is 32.9 Å². The van der Waals surface area contributed by atoms with Gasteiger partial charge in [0.1, 0.15) is 5.69 Å². The van der Waals surface area contributed by atoms with Crippen LogP contribution in [0.1, 0.15) is 36.7 Å². The van der Waals surface area contributed by atoms with Crippen molar-refractivity contribution < 1.29 is 4.79 Å². The number of benzene rings is 1. The molecule has 0 atom stereocenters. The van der Waals surface area contributed by atoms with Gasteiger partial charge in [-0.15, -0.1) is 0 Å². The molecule has 0 fully saturated rings. The van der Waals surface area contributed by atoms with Crippen molar-refractivity contribution in [2.75, 3.05) is 5.32 Å². The Morgan fingerprint density at radius 1 is 1.10 bits per heavy atom. The number of aromatic nitrogens is 1. The van der Waals surface area contributed by atoms with Crippen molar-refractivity contribution in [3.05, 3.63) is 64.1 Å². The smallest absolute Gasteiger partial charge is 0.255 e. The van der Waals surface area contributed by atoms with Crippen molar-refractivity contribution in [3.63, 3.8) is 0 Å². The zero-order valence-corrected chi connectivity index (χ0v) is 11.9. The molecule has 0 unspecified atom stereocenters. The number of carbonyl (C=O) groups is 1. The van der Waals surface area contributed by atoms with Crippen molar-refractivity contribution in [1.82, 2.24) is 4.98 Å². The zero-order valence-electron chi connectivity index (χ0n) is 11.9. The van der Waals surface area contributed by atoms with Gasteiger partial charge in [-0.3, -0.25) is 9.59 Å². The van der Waals surface area contributed by atoms with Crippen molar-refractivity contribution in [2.45, 2.75) is 26.2 Å². The lowest BCUT2D eigenvalue weighted by atomic mass is 9.87. The monoisotopic (exact) mass is 270 g/mol. The predicted molar refractivity (Wildman–Crippen MR) is 80.2 cm³/mol. The minimum atomic E-state index is -0.290. The molecule has 1 heterocycles. The molecule has 104 valence electrons. The van der Waals surface area contributed by atoms with Crippen molar-refractivity contribution in [1.29, 1.82) is 0 Å². The largest absolute Gasteiger partial charge is 0.366 e. The highest BCUT2D eigenvalue weighted by Crippen LogP contribution is 2.22. The number of nitrogens with one attached hydrogen (secondary N) is 2. The molecule has 0 saturated heterocycles. The number of pyridine rings is 1. The van der Waals surface area contributed by atoms with E-state index in [-0.39, 0.29) is 22.4 Å². The number of aromatic amines is 1. The molecule has 2 aromatic rings. The molecular weight excluding hydrogens is 252 g/mol. The van der Waals surface area contributed by atoms with Gasteiger partial charge in [-0.05, 0) is 23.1 Å². The van der Waals surface area contributed by atoms with Crippen molar-refractivity contribution >= 4 is 11.6 Å².